The third kappa shape index (κ3) is 4.77. The molecule has 1 amide bonds. The number of hydrogen-bond donors (Lipinski definition) is 2. The largest absolute Gasteiger partial charge is 0.390 e. The van der Waals surface area contributed by atoms with Crippen molar-refractivity contribution in [1.82, 2.24) is 14.8 Å². The molecule has 2 aliphatic rings. The lowest BCUT2D eigenvalue weighted by Gasteiger charge is -2.33. The van der Waals surface area contributed by atoms with E-state index in [1.807, 2.05) is 10.3 Å². The maximum Gasteiger partial charge on any atom is 0.240 e. The molecule has 0 aromatic carbocycles. The number of ether oxygens (including phenoxy) is 1. The van der Waals surface area contributed by atoms with E-state index in [1.165, 1.54) is 11.3 Å². The fraction of sp³-hybridized carbons (Fsp3) is 0.765. The van der Waals surface area contributed by atoms with Gasteiger partial charge in [-0.3, -0.25) is 14.6 Å². The summed E-state index contributed by atoms with van der Waals surface area (Å²) >= 11 is 1.45. The normalized spacial score (nSPS) is 26.1. The van der Waals surface area contributed by atoms with Gasteiger partial charge in [0.15, 0.2) is 5.13 Å². The summed E-state index contributed by atoms with van der Waals surface area (Å²) in [5.41, 5.74) is 0.959. The number of hydrogen-bond acceptors (Lipinski definition) is 7. The predicted octanol–water partition coefficient (Wildman–Crippen LogP) is 0.756. The molecule has 0 radical (unpaired) electrons. The molecule has 2 saturated heterocycles. The quantitative estimate of drug-likeness (QED) is 0.817. The van der Waals surface area contributed by atoms with E-state index in [4.69, 9.17) is 4.74 Å². The first-order chi connectivity index (χ1) is 11.8. The molecule has 3 heterocycles. The molecule has 0 bridgehead atoms. The molecular formula is C17H28N4O3S. The number of carbonyl (C=O) groups excluding carboxylic acids is 1. The van der Waals surface area contributed by atoms with E-state index in [9.17, 15) is 9.90 Å². The van der Waals surface area contributed by atoms with Crippen molar-refractivity contribution in [3.63, 3.8) is 0 Å². The molecule has 0 spiro atoms. The van der Waals surface area contributed by atoms with Gasteiger partial charge in [-0.1, -0.05) is 20.8 Å². The van der Waals surface area contributed by atoms with E-state index in [0.29, 0.717) is 31.4 Å². The van der Waals surface area contributed by atoms with Crippen molar-refractivity contribution in [2.75, 3.05) is 51.3 Å². The van der Waals surface area contributed by atoms with E-state index in [1.54, 1.807) is 0 Å². The summed E-state index contributed by atoms with van der Waals surface area (Å²) in [6, 6.07) is 0.0871. The first kappa shape index (κ1) is 18.7. The third-order valence-corrected chi connectivity index (χ3v) is 5.49. The second-order valence-corrected chi connectivity index (χ2v) is 8.67. The first-order valence-corrected chi connectivity index (χ1v) is 9.69. The molecule has 1 aromatic rings. The number of β-amino-alcohol motifs (C(OH)–C–C–N with tert-alkyl or cyclic N) is 1. The number of rotatable bonds is 4. The van der Waals surface area contributed by atoms with Crippen LogP contribution in [0.3, 0.4) is 0 Å². The van der Waals surface area contributed by atoms with Gasteiger partial charge >= 0.3 is 0 Å². The predicted molar refractivity (Wildman–Crippen MR) is 98.1 cm³/mol. The van der Waals surface area contributed by atoms with Gasteiger partial charge in [0.05, 0.1) is 31.6 Å². The fourth-order valence-corrected chi connectivity index (χ4v) is 4.23. The zero-order valence-corrected chi connectivity index (χ0v) is 16.0. The molecule has 7 nitrogen and oxygen atoms in total. The Kier molecular flexibility index (Phi) is 5.75. The van der Waals surface area contributed by atoms with Crippen LogP contribution in [-0.2, 0) is 14.9 Å². The van der Waals surface area contributed by atoms with E-state index in [2.05, 4.69) is 36.0 Å². The minimum atomic E-state index is -0.418. The SMILES string of the molecule is CC(C)(C)c1csc(NC(=O)CN2CC(O)C(N3CCOCC3)C2)n1. The lowest BCUT2D eigenvalue weighted by atomic mass is 9.93. The first-order valence-electron chi connectivity index (χ1n) is 8.81. The van der Waals surface area contributed by atoms with Gasteiger partial charge in [0.2, 0.25) is 5.91 Å². The summed E-state index contributed by atoms with van der Waals surface area (Å²) in [5.74, 6) is -0.0790. The topological polar surface area (TPSA) is 77.9 Å². The highest BCUT2D eigenvalue weighted by molar-refractivity contribution is 7.13. The third-order valence-electron chi connectivity index (χ3n) is 4.74. The number of carbonyl (C=O) groups is 1. The molecule has 2 N–H and O–H groups in total. The molecule has 2 unspecified atom stereocenters. The van der Waals surface area contributed by atoms with Gasteiger partial charge < -0.3 is 15.2 Å². The highest BCUT2D eigenvalue weighted by Gasteiger charge is 2.36. The maximum absolute atomic E-state index is 12.3. The molecule has 8 heteroatoms. The number of morpholine rings is 1. The standard InChI is InChI=1S/C17H28N4O3S/c1-17(2,3)14-11-25-16(18-14)19-15(23)10-20-8-12(13(22)9-20)21-4-6-24-7-5-21/h11-13,22H,4-10H2,1-3H3,(H,18,19,23). The summed E-state index contributed by atoms with van der Waals surface area (Å²) in [6.45, 7) is 10.9. The van der Waals surface area contributed by atoms with Gasteiger partial charge in [-0.2, -0.15) is 0 Å². The number of aliphatic hydroxyl groups excluding tert-OH is 1. The van der Waals surface area contributed by atoms with Crippen LogP contribution in [0.1, 0.15) is 26.5 Å². The van der Waals surface area contributed by atoms with Gasteiger partial charge in [0, 0.05) is 43.0 Å². The van der Waals surface area contributed by atoms with E-state index in [-0.39, 0.29) is 23.9 Å². The minimum absolute atomic E-state index is 0.0239. The molecule has 0 aliphatic carbocycles. The number of amides is 1. The number of aromatic nitrogens is 1. The van der Waals surface area contributed by atoms with Crippen LogP contribution in [0.2, 0.25) is 0 Å². The summed E-state index contributed by atoms with van der Waals surface area (Å²) in [4.78, 5) is 21.1. The van der Waals surface area contributed by atoms with E-state index in [0.717, 1.165) is 18.8 Å². The van der Waals surface area contributed by atoms with Gasteiger partial charge in [-0.05, 0) is 0 Å². The number of thiazole rings is 1. The minimum Gasteiger partial charge on any atom is -0.390 e. The Morgan fingerprint density at radius 1 is 1.40 bits per heavy atom. The van der Waals surface area contributed by atoms with E-state index < -0.39 is 6.10 Å². The van der Waals surface area contributed by atoms with Crippen molar-refractivity contribution in [2.45, 2.75) is 38.3 Å². The Balaban J connectivity index is 1.50. The molecular weight excluding hydrogens is 340 g/mol. The Bertz CT molecular complexity index is 595. The van der Waals surface area contributed by atoms with Crippen molar-refractivity contribution in [1.29, 1.82) is 0 Å². The molecule has 3 rings (SSSR count). The monoisotopic (exact) mass is 368 g/mol. The number of likely N-dealkylation sites (tertiary alicyclic amines) is 1. The van der Waals surface area contributed by atoms with Crippen LogP contribution in [0.25, 0.3) is 0 Å². The second kappa shape index (κ2) is 7.67. The molecule has 2 aliphatic heterocycles. The van der Waals surface area contributed by atoms with Crippen molar-refractivity contribution < 1.29 is 14.6 Å². The van der Waals surface area contributed by atoms with Crippen LogP contribution in [0.4, 0.5) is 5.13 Å². The molecule has 2 atom stereocenters. The van der Waals surface area contributed by atoms with Crippen LogP contribution >= 0.6 is 11.3 Å². The van der Waals surface area contributed by atoms with Gasteiger partial charge in [-0.15, -0.1) is 11.3 Å². The van der Waals surface area contributed by atoms with Crippen molar-refractivity contribution in [2.24, 2.45) is 0 Å². The maximum atomic E-state index is 12.3. The zero-order chi connectivity index (χ0) is 18.0. The van der Waals surface area contributed by atoms with Crippen LogP contribution in [-0.4, -0.2) is 83.9 Å². The molecule has 140 valence electrons. The van der Waals surface area contributed by atoms with Gasteiger partial charge in [0.1, 0.15) is 0 Å². The molecule has 25 heavy (non-hydrogen) atoms. The van der Waals surface area contributed by atoms with Gasteiger partial charge in [-0.25, -0.2) is 4.98 Å². The van der Waals surface area contributed by atoms with Crippen LogP contribution in [0.15, 0.2) is 5.38 Å². The highest BCUT2D eigenvalue weighted by atomic mass is 32.1. The Morgan fingerprint density at radius 3 is 2.76 bits per heavy atom. The summed E-state index contributed by atoms with van der Waals surface area (Å²) in [5, 5.41) is 15.9. The summed E-state index contributed by atoms with van der Waals surface area (Å²) in [7, 11) is 0. The van der Waals surface area contributed by atoms with Crippen molar-refractivity contribution in [3.8, 4) is 0 Å². The molecule has 1 aromatic heterocycles. The average molecular weight is 369 g/mol. The van der Waals surface area contributed by atoms with Crippen LogP contribution < -0.4 is 5.32 Å². The molecule has 0 saturated carbocycles. The average Bonchev–Trinajstić information content (AvgIpc) is 3.14. The van der Waals surface area contributed by atoms with Crippen LogP contribution in [0.5, 0.6) is 0 Å². The molecule has 2 fully saturated rings. The Morgan fingerprint density at radius 2 is 2.12 bits per heavy atom. The van der Waals surface area contributed by atoms with Crippen molar-refractivity contribution in [3.05, 3.63) is 11.1 Å². The second-order valence-electron chi connectivity index (χ2n) is 7.81. The number of anilines is 1. The van der Waals surface area contributed by atoms with Crippen LogP contribution in [0, 0.1) is 0 Å². The number of aliphatic hydroxyl groups is 1. The highest BCUT2D eigenvalue weighted by Crippen LogP contribution is 2.26. The smallest absolute Gasteiger partial charge is 0.240 e. The zero-order valence-electron chi connectivity index (χ0n) is 15.2. The Labute approximate surface area is 153 Å². The number of nitrogens with zero attached hydrogens (tertiary/aromatic N) is 3. The summed E-state index contributed by atoms with van der Waals surface area (Å²) in [6.07, 6.45) is -0.418. The summed E-state index contributed by atoms with van der Waals surface area (Å²) < 4.78 is 5.37. The Hall–Kier alpha value is -1.06. The fourth-order valence-electron chi connectivity index (χ4n) is 3.28. The van der Waals surface area contributed by atoms with Crippen molar-refractivity contribution >= 4 is 22.4 Å². The lowest BCUT2D eigenvalue weighted by molar-refractivity contribution is -0.117. The number of nitrogens with one attached hydrogen (secondary N) is 1. The van der Waals surface area contributed by atoms with E-state index >= 15 is 0 Å². The van der Waals surface area contributed by atoms with Gasteiger partial charge in [0.25, 0.3) is 0 Å². The lowest BCUT2D eigenvalue weighted by Crippen LogP contribution is -2.49.